The smallest absolute Gasteiger partial charge is 0.261 e. The van der Waals surface area contributed by atoms with Gasteiger partial charge in [0.1, 0.15) is 0 Å². The van der Waals surface area contributed by atoms with Crippen LogP contribution in [0.25, 0.3) is 10.4 Å². The Kier molecular flexibility index (Phi) is 5.20. The molecule has 2 atom stereocenters. The van der Waals surface area contributed by atoms with E-state index in [0.29, 0.717) is 22.5 Å². The van der Waals surface area contributed by atoms with Gasteiger partial charge in [0.05, 0.1) is 16.8 Å². The molecule has 8 heteroatoms. The van der Waals surface area contributed by atoms with Gasteiger partial charge in [0.25, 0.3) is 5.91 Å². The van der Waals surface area contributed by atoms with Crippen molar-refractivity contribution in [1.29, 1.82) is 0 Å². The molecule has 2 bridgehead atoms. The van der Waals surface area contributed by atoms with Gasteiger partial charge in [-0.05, 0) is 57.0 Å². The maximum absolute atomic E-state index is 12.9. The minimum Gasteiger partial charge on any atom is -0.347 e. The van der Waals surface area contributed by atoms with Crippen molar-refractivity contribution in [2.45, 2.75) is 31.8 Å². The molecule has 3 aliphatic heterocycles. The van der Waals surface area contributed by atoms with Gasteiger partial charge in [0.15, 0.2) is 0 Å². The number of para-hydroxylation sites is 1. The molecular weight excluding hydrogens is 394 g/mol. The van der Waals surface area contributed by atoms with Gasteiger partial charge < -0.3 is 5.32 Å². The van der Waals surface area contributed by atoms with Crippen LogP contribution >= 0.6 is 11.3 Å². The fraction of sp³-hybridized carbons (Fsp3) is 0.450. The third-order valence-electron chi connectivity index (χ3n) is 5.79. The number of sulfonamides is 1. The molecule has 1 aromatic heterocycles. The summed E-state index contributed by atoms with van der Waals surface area (Å²) in [5.41, 5.74) is 1.29. The molecule has 3 fully saturated rings. The van der Waals surface area contributed by atoms with Gasteiger partial charge in [-0.1, -0.05) is 18.2 Å². The van der Waals surface area contributed by atoms with Crippen LogP contribution in [0.5, 0.6) is 0 Å². The Bertz CT molecular complexity index is 976. The van der Waals surface area contributed by atoms with Gasteiger partial charge in [-0.25, -0.2) is 8.42 Å². The molecule has 3 saturated heterocycles. The number of benzene rings is 1. The lowest BCUT2D eigenvalue weighted by molar-refractivity contribution is 0.0218. The van der Waals surface area contributed by atoms with Crippen LogP contribution in [0.3, 0.4) is 0 Å². The highest BCUT2D eigenvalue weighted by Crippen LogP contribution is 2.35. The largest absolute Gasteiger partial charge is 0.347 e. The average molecular weight is 420 g/mol. The Morgan fingerprint density at radius 3 is 2.54 bits per heavy atom. The SMILES string of the molecule is CC1C(NC(=O)c2ccc(-c3ccccc3NS(C)(=O)=O)s2)C2CCN1CC2. The standard InChI is InChI=1S/C20H25N3O3S2/c1-13-19(14-9-11-23(13)12-10-14)21-20(24)18-8-7-17(27-18)15-5-3-4-6-16(15)22-28(2,25)26/h3-8,13-14,19,22H,9-12H2,1-2H3,(H,21,24). The average Bonchev–Trinajstić information content (AvgIpc) is 3.14. The Balaban J connectivity index is 1.53. The summed E-state index contributed by atoms with van der Waals surface area (Å²) in [7, 11) is -3.38. The highest BCUT2D eigenvalue weighted by Gasteiger charge is 2.40. The van der Waals surface area contributed by atoms with Crippen molar-refractivity contribution in [2.75, 3.05) is 24.1 Å². The minimum atomic E-state index is -3.38. The van der Waals surface area contributed by atoms with Gasteiger partial charge >= 0.3 is 0 Å². The predicted molar refractivity (Wildman–Crippen MR) is 113 cm³/mol. The fourth-order valence-corrected chi connectivity index (χ4v) is 5.89. The number of rotatable bonds is 5. The molecule has 1 aromatic carbocycles. The van der Waals surface area contributed by atoms with E-state index < -0.39 is 10.0 Å². The van der Waals surface area contributed by atoms with Gasteiger partial charge in [-0.2, -0.15) is 0 Å². The van der Waals surface area contributed by atoms with E-state index in [1.54, 1.807) is 12.1 Å². The maximum Gasteiger partial charge on any atom is 0.261 e. The first kappa shape index (κ1) is 19.4. The number of hydrogen-bond donors (Lipinski definition) is 2. The quantitative estimate of drug-likeness (QED) is 0.781. The van der Waals surface area contributed by atoms with E-state index in [-0.39, 0.29) is 11.9 Å². The summed E-state index contributed by atoms with van der Waals surface area (Å²) in [6.45, 7) is 4.46. The van der Waals surface area contributed by atoms with E-state index in [2.05, 4.69) is 21.9 Å². The summed E-state index contributed by atoms with van der Waals surface area (Å²) >= 11 is 1.38. The zero-order chi connectivity index (χ0) is 19.9. The van der Waals surface area contributed by atoms with Crippen molar-refractivity contribution in [3.05, 3.63) is 41.3 Å². The summed E-state index contributed by atoms with van der Waals surface area (Å²) in [5, 5.41) is 3.25. The van der Waals surface area contributed by atoms with Gasteiger partial charge in [-0.3, -0.25) is 14.4 Å². The molecule has 2 aromatic rings. The van der Waals surface area contributed by atoms with E-state index >= 15 is 0 Å². The van der Waals surface area contributed by atoms with Crippen molar-refractivity contribution in [3.8, 4) is 10.4 Å². The summed E-state index contributed by atoms with van der Waals surface area (Å²) < 4.78 is 25.8. The summed E-state index contributed by atoms with van der Waals surface area (Å²) in [6.07, 6.45) is 3.43. The molecule has 0 saturated carbocycles. The summed E-state index contributed by atoms with van der Waals surface area (Å²) in [4.78, 5) is 16.8. The number of hydrogen-bond acceptors (Lipinski definition) is 5. The number of carbonyl (C=O) groups excluding carboxylic acids is 1. The van der Waals surface area contributed by atoms with Crippen molar-refractivity contribution in [2.24, 2.45) is 5.92 Å². The van der Waals surface area contributed by atoms with E-state index in [1.807, 2.05) is 24.3 Å². The highest BCUT2D eigenvalue weighted by molar-refractivity contribution is 7.92. The molecule has 4 heterocycles. The lowest BCUT2D eigenvalue weighted by Crippen LogP contribution is -2.62. The highest BCUT2D eigenvalue weighted by atomic mass is 32.2. The van der Waals surface area contributed by atoms with Crippen molar-refractivity contribution in [1.82, 2.24) is 10.2 Å². The maximum atomic E-state index is 12.9. The molecule has 1 amide bonds. The Morgan fingerprint density at radius 2 is 1.86 bits per heavy atom. The normalized spacial score (nSPS) is 26.8. The lowest BCUT2D eigenvalue weighted by atomic mass is 9.79. The molecule has 2 N–H and O–H groups in total. The predicted octanol–water partition coefficient (Wildman–Crippen LogP) is 3.00. The molecule has 5 rings (SSSR count). The van der Waals surface area contributed by atoms with Crippen LogP contribution in [0.15, 0.2) is 36.4 Å². The third-order valence-corrected chi connectivity index (χ3v) is 7.50. The Hall–Kier alpha value is -1.90. The zero-order valence-corrected chi connectivity index (χ0v) is 17.6. The Labute approximate surface area is 170 Å². The minimum absolute atomic E-state index is 0.0459. The second-order valence-corrected chi connectivity index (χ2v) is 10.5. The van der Waals surface area contributed by atoms with Gasteiger partial charge in [-0.15, -0.1) is 11.3 Å². The number of amides is 1. The van der Waals surface area contributed by atoms with Crippen LogP contribution in [-0.4, -0.2) is 50.7 Å². The van der Waals surface area contributed by atoms with Crippen LogP contribution in [-0.2, 0) is 10.0 Å². The first-order valence-corrected chi connectivity index (χ1v) is 12.2. The number of nitrogens with one attached hydrogen (secondary N) is 2. The molecule has 6 nitrogen and oxygen atoms in total. The number of carbonyl (C=O) groups is 1. The van der Waals surface area contributed by atoms with Gasteiger partial charge in [0, 0.05) is 22.5 Å². The molecule has 0 aliphatic carbocycles. The van der Waals surface area contributed by atoms with Crippen molar-refractivity contribution >= 4 is 33.0 Å². The Morgan fingerprint density at radius 1 is 1.14 bits per heavy atom. The number of fused-ring (bicyclic) bond motifs is 3. The molecule has 150 valence electrons. The van der Waals surface area contributed by atoms with Crippen LogP contribution in [0, 0.1) is 5.92 Å². The molecule has 3 aliphatic rings. The van der Waals surface area contributed by atoms with Crippen LogP contribution in [0.2, 0.25) is 0 Å². The number of anilines is 1. The second kappa shape index (κ2) is 7.50. The van der Waals surface area contributed by atoms with E-state index in [0.717, 1.165) is 42.6 Å². The van der Waals surface area contributed by atoms with E-state index in [4.69, 9.17) is 0 Å². The first-order valence-electron chi connectivity index (χ1n) is 9.54. The molecule has 0 radical (unpaired) electrons. The van der Waals surface area contributed by atoms with Crippen LogP contribution in [0.4, 0.5) is 5.69 Å². The molecular formula is C20H25N3O3S2. The van der Waals surface area contributed by atoms with Gasteiger partial charge in [0.2, 0.25) is 10.0 Å². The molecule has 0 spiro atoms. The lowest BCUT2D eigenvalue weighted by Gasteiger charge is -2.49. The summed E-state index contributed by atoms with van der Waals surface area (Å²) in [6, 6.07) is 11.5. The monoisotopic (exact) mass is 419 g/mol. The number of piperidine rings is 3. The van der Waals surface area contributed by atoms with E-state index in [1.165, 1.54) is 11.3 Å². The van der Waals surface area contributed by atoms with Crippen molar-refractivity contribution in [3.63, 3.8) is 0 Å². The van der Waals surface area contributed by atoms with Crippen LogP contribution in [0.1, 0.15) is 29.4 Å². The summed E-state index contributed by atoms with van der Waals surface area (Å²) in [5.74, 6) is 0.512. The zero-order valence-electron chi connectivity index (χ0n) is 16.0. The third kappa shape index (κ3) is 3.94. The van der Waals surface area contributed by atoms with E-state index in [9.17, 15) is 13.2 Å². The fourth-order valence-electron chi connectivity index (χ4n) is 4.36. The van der Waals surface area contributed by atoms with Crippen molar-refractivity contribution < 1.29 is 13.2 Å². The first-order chi connectivity index (χ1) is 13.3. The second-order valence-electron chi connectivity index (χ2n) is 7.70. The van der Waals surface area contributed by atoms with Crippen LogP contribution < -0.4 is 10.0 Å². The number of thiophene rings is 1. The number of nitrogens with zero attached hydrogens (tertiary/aromatic N) is 1. The molecule has 2 unspecified atom stereocenters. The molecule has 28 heavy (non-hydrogen) atoms. The topological polar surface area (TPSA) is 78.5 Å².